The fourth-order valence-corrected chi connectivity index (χ4v) is 2.06. The lowest BCUT2D eigenvalue weighted by molar-refractivity contribution is 0.0952. The van der Waals surface area contributed by atoms with E-state index in [4.69, 9.17) is 0 Å². The minimum Gasteiger partial charge on any atom is -0.352 e. The van der Waals surface area contributed by atoms with Gasteiger partial charge in [-0.2, -0.15) is 0 Å². The first-order chi connectivity index (χ1) is 7.75. The first kappa shape index (κ1) is 13.5. The van der Waals surface area contributed by atoms with Crippen LogP contribution in [0.5, 0.6) is 0 Å². The van der Waals surface area contributed by atoms with Gasteiger partial charge in [0.2, 0.25) is 0 Å². The topological polar surface area (TPSA) is 29.1 Å². The number of carbonyl (C=O) groups is 1. The van der Waals surface area contributed by atoms with Gasteiger partial charge in [0, 0.05) is 12.1 Å². The summed E-state index contributed by atoms with van der Waals surface area (Å²) >= 11 is 2.38. The van der Waals surface area contributed by atoms with Crippen LogP contribution in [0, 0.1) is 6.92 Å². The molecule has 0 bridgehead atoms. The van der Waals surface area contributed by atoms with E-state index in [0.717, 1.165) is 24.1 Å². The van der Waals surface area contributed by atoms with E-state index in [1.807, 2.05) is 31.2 Å². The summed E-state index contributed by atoms with van der Waals surface area (Å²) in [4.78, 5) is 11.8. The van der Waals surface area contributed by atoms with Crippen molar-refractivity contribution in [2.75, 3.05) is 11.0 Å². The Labute approximate surface area is 111 Å². The number of aryl methyl sites for hydroxylation is 1. The molecule has 1 rings (SSSR count). The summed E-state index contributed by atoms with van der Waals surface area (Å²) in [5, 5.41) is 2.96. The first-order valence-electron chi connectivity index (χ1n) is 5.65. The number of nitrogens with one attached hydrogen (secondary N) is 1. The Balaban J connectivity index is 2.33. The Morgan fingerprint density at radius 1 is 1.25 bits per heavy atom. The number of alkyl halides is 1. The van der Waals surface area contributed by atoms with E-state index in [1.165, 1.54) is 17.3 Å². The fraction of sp³-hybridized carbons (Fsp3) is 0.462. The van der Waals surface area contributed by atoms with Gasteiger partial charge in [0.1, 0.15) is 0 Å². The van der Waals surface area contributed by atoms with Crippen molar-refractivity contribution >= 4 is 28.5 Å². The molecule has 1 aromatic rings. The number of hydrogen-bond donors (Lipinski definition) is 1. The number of benzene rings is 1. The van der Waals surface area contributed by atoms with E-state index in [1.54, 1.807) is 0 Å². The summed E-state index contributed by atoms with van der Waals surface area (Å²) < 4.78 is 1.20. The zero-order valence-electron chi connectivity index (χ0n) is 9.63. The molecule has 0 aromatic heterocycles. The van der Waals surface area contributed by atoms with Gasteiger partial charge in [-0.3, -0.25) is 4.79 Å². The molecule has 1 amide bonds. The first-order valence-corrected chi connectivity index (χ1v) is 7.18. The van der Waals surface area contributed by atoms with E-state index < -0.39 is 0 Å². The van der Waals surface area contributed by atoms with Gasteiger partial charge in [-0.05, 0) is 35.8 Å². The van der Waals surface area contributed by atoms with Gasteiger partial charge < -0.3 is 5.32 Å². The van der Waals surface area contributed by atoms with Crippen molar-refractivity contribution in [2.24, 2.45) is 0 Å². The molecule has 0 aliphatic heterocycles. The Hall–Kier alpha value is -0.580. The van der Waals surface area contributed by atoms with Crippen LogP contribution in [0.15, 0.2) is 24.3 Å². The van der Waals surface area contributed by atoms with Gasteiger partial charge in [0.05, 0.1) is 0 Å². The summed E-state index contributed by atoms with van der Waals surface area (Å²) in [5.41, 5.74) is 1.82. The lowest BCUT2D eigenvalue weighted by Crippen LogP contribution is -2.25. The molecular formula is C13H18INO. The number of unbranched alkanes of at least 4 members (excludes halogenated alkanes) is 2. The summed E-state index contributed by atoms with van der Waals surface area (Å²) in [5.74, 6) is 0.0487. The second-order valence-corrected chi connectivity index (χ2v) is 4.90. The quantitative estimate of drug-likeness (QED) is 0.484. The second-order valence-electron chi connectivity index (χ2n) is 3.82. The van der Waals surface area contributed by atoms with Gasteiger partial charge in [0.15, 0.2) is 0 Å². The van der Waals surface area contributed by atoms with Crippen molar-refractivity contribution in [3.05, 3.63) is 35.4 Å². The minimum absolute atomic E-state index is 0.0487. The van der Waals surface area contributed by atoms with Crippen LogP contribution in [-0.4, -0.2) is 16.9 Å². The lowest BCUT2D eigenvalue weighted by atomic mass is 10.1. The fourth-order valence-electron chi connectivity index (χ4n) is 1.52. The third-order valence-electron chi connectivity index (χ3n) is 2.49. The van der Waals surface area contributed by atoms with Crippen LogP contribution >= 0.6 is 22.6 Å². The predicted molar refractivity (Wildman–Crippen MR) is 76.3 cm³/mol. The van der Waals surface area contributed by atoms with Gasteiger partial charge >= 0.3 is 0 Å². The predicted octanol–water partition coefficient (Wildman–Crippen LogP) is 3.33. The molecule has 0 radical (unpaired) electrons. The summed E-state index contributed by atoms with van der Waals surface area (Å²) in [6.45, 7) is 2.74. The van der Waals surface area contributed by atoms with Crippen molar-refractivity contribution in [3.63, 3.8) is 0 Å². The molecule has 0 unspecified atom stereocenters. The molecule has 0 aliphatic carbocycles. The molecule has 16 heavy (non-hydrogen) atoms. The van der Waals surface area contributed by atoms with E-state index in [0.29, 0.717) is 0 Å². The van der Waals surface area contributed by atoms with E-state index >= 15 is 0 Å². The summed E-state index contributed by atoms with van der Waals surface area (Å²) in [6.07, 6.45) is 3.50. The standard InChI is InChI=1S/C13H18INO/c1-11-7-3-4-8-12(11)13(16)15-10-6-2-5-9-14/h3-4,7-8H,2,5-6,9-10H2,1H3,(H,15,16). The van der Waals surface area contributed by atoms with Crippen molar-refractivity contribution in [1.29, 1.82) is 0 Å². The number of carbonyl (C=O) groups excluding carboxylic acids is 1. The smallest absolute Gasteiger partial charge is 0.251 e. The largest absolute Gasteiger partial charge is 0.352 e. The van der Waals surface area contributed by atoms with Crippen LogP contribution in [0.4, 0.5) is 0 Å². The SMILES string of the molecule is Cc1ccccc1C(=O)NCCCCCI. The van der Waals surface area contributed by atoms with Gasteiger partial charge in [-0.15, -0.1) is 0 Å². The maximum absolute atomic E-state index is 11.8. The Bertz CT molecular complexity index is 338. The lowest BCUT2D eigenvalue weighted by Gasteiger charge is -2.06. The number of hydrogen-bond acceptors (Lipinski definition) is 1. The van der Waals surface area contributed by atoms with Gasteiger partial charge in [0.25, 0.3) is 5.91 Å². The van der Waals surface area contributed by atoms with Crippen LogP contribution < -0.4 is 5.32 Å². The van der Waals surface area contributed by atoms with E-state index in [2.05, 4.69) is 27.9 Å². The van der Waals surface area contributed by atoms with Crippen molar-refractivity contribution in [1.82, 2.24) is 5.32 Å². The molecule has 1 N–H and O–H groups in total. The Morgan fingerprint density at radius 3 is 2.69 bits per heavy atom. The van der Waals surface area contributed by atoms with Crippen LogP contribution in [-0.2, 0) is 0 Å². The van der Waals surface area contributed by atoms with E-state index in [9.17, 15) is 4.79 Å². The van der Waals surface area contributed by atoms with Crippen molar-refractivity contribution in [2.45, 2.75) is 26.2 Å². The van der Waals surface area contributed by atoms with Crippen molar-refractivity contribution in [3.8, 4) is 0 Å². The molecule has 3 heteroatoms. The highest BCUT2D eigenvalue weighted by atomic mass is 127. The Morgan fingerprint density at radius 2 is 2.00 bits per heavy atom. The van der Waals surface area contributed by atoms with Crippen LogP contribution in [0.2, 0.25) is 0 Å². The van der Waals surface area contributed by atoms with Crippen LogP contribution in [0.25, 0.3) is 0 Å². The maximum Gasteiger partial charge on any atom is 0.251 e. The molecule has 0 atom stereocenters. The third kappa shape index (κ3) is 4.51. The molecule has 0 saturated carbocycles. The molecule has 0 aliphatic rings. The molecule has 88 valence electrons. The second kappa shape index (κ2) is 7.65. The minimum atomic E-state index is 0.0487. The number of rotatable bonds is 6. The zero-order chi connectivity index (χ0) is 11.8. The molecule has 0 spiro atoms. The molecular weight excluding hydrogens is 313 g/mol. The molecule has 1 aromatic carbocycles. The van der Waals surface area contributed by atoms with Crippen LogP contribution in [0.1, 0.15) is 35.2 Å². The number of halogens is 1. The molecule has 0 saturated heterocycles. The number of amides is 1. The average molecular weight is 331 g/mol. The maximum atomic E-state index is 11.8. The highest BCUT2D eigenvalue weighted by Crippen LogP contribution is 2.06. The van der Waals surface area contributed by atoms with Gasteiger partial charge in [-0.1, -0.05) is 47.2 Å². The highest BCUT2D eigenvalue weighted by molar-refractivity contribution is 14.1. The third-order valence-corrected chi connectivity index (χ3v) is 3.25. The summed E-state index contributed by atoms with van der Waals surface area (Å²) in [6, 6.07) is 7.69. The zero-order valence-corrected chi connectivity index (χ0v) is 11.8. The Kier molecular flexibility index (Phi) is 6.45. The highest BCUT2D eigenvalue weighted by Gasteiger charge is 2.06. The van der Waals surface area contributed by atoms with Crippen LogP contribution in [0.3, 0.4) is 0 Å². The molecule has 2 nitrogen and oxygen atoms in total. The van der Waals surface area contributed by atoms with E-state index in [-0.39, 0.29) is 5.91 Å². The molecule has 0 heterocycles. The normalized spacial score (nSPS) is 10.1. The molecule has 0 fully saturated rings. The average Bonchev–Trinajstić information content (AvgIpc) is 2.29. The monoisotopic (exact) mass is 331 g/mol. The van der Waals surface area contributed by atoms with Crippen molar-refractivity contribution < 1.29 is 4.79 Å². The van der Waals surface area contributed by atoms with Gasteiger partial charge in [-0.25, -0.2) is 0 Å². The summed E-state index contributed by atoms with van der Waals surface area (Å²) in [7, 11) is 0.